The van der Waals surface area contributed by atoms with Crippen molar-refractivity contribution in [2.24, 2.45) is 0 Å². The zero-order chi connectivity index (χ0) is 17.8. The standard InChI is InChI=1S/C19H24N4O2/c1-14-6-4-8-17(21-14)23-11-5-7-16(13-23)22(2)19(24)15-9-10-18(25-3)20-12-15/h4,6,8-10,12,16H,5,7,11,13H2,1-3H3/t16-/m0/s1. The van der Waals surface area contributed by atoms with Gasteiger partial charge in [-0.25, -0.2) is 9.97 Å². The summed E-state index contributed by atoms with van der Waals surface area (Å²) in [5, 5.41) is 0. The van der Waals surface area contributed by atoms with Crippen LogP contribution in [0.4, 0.5) is 5.82 Å². The van der Waals surface area contributed by atoms with Crippen LogP contribution in [0, 0.1) is 6.92 Å². The number of anilines is 1. The van der Waals surface area contributed by atoms with Gasteiger partial charge in [0.25, 0.3) is 5.91 Å². The summed E-state index contributed by atoms with van der Waals surface area (Å²) in [6.45, 7) is 3.76. The summed E-state index contributed by atoms with van der Waals surface area (Å²) in [5.74, 6) is 1.48. The first-order chi connectivity index (χ1) is 12.1. The molecular formula is C19H24N4O2. The largest absolute Gasteiger partial charge is 0.481 e. The number of piperidine rings is 1. The Bertz CT molecular complexity index is 732. The van der Waals surface area contributed by atoms with Crippen LogP contribution in [0.15, 0.2) is 36.5 Å². The molecule has 1 aliphatic heterocycles. The summed E-state index contributed by atoms with van der Waals surface area (Å²) >= 11 is 0. The van der Waals surface area contributed by atoms with E-state index in [1.165, 1.54) is 0 Å². The molecule has 0 bridgehead atoms. The molecule has 6 heteroatoms. The monoisotopic (exact) mass is 340 g/mol. The normalized spacial score (nSPS) is 17.2. The number of methoxy groups -OCH3 is 1. The van der Waals surface area contributed by atoms with Gasteiger partial charge >= 0.3 is 0 Å². The van der Waals surface area contributed by atoms with Crippen molar-refractivity contribution < 1.29 is 9.53 Å². The summed E-state index contributed by atoms with van der Waals surface area (Å²) in [5.41, 5.74) is 1.59. The molecule has 0 N–H and O–H groups in total. The van der Waals surface area contributed by atoms with Crippen molar-refractivity contribution >= 4 is 11.7 Å². The molecule has 0 unspecified atom stereocenters. The molecule has 0 spiro atoms. The average Bonchev–Trinajstić information content (AvgIpc) is 2.67. The van der Waals surface area contributed by atoms with Gasteiger partial charge < -0.3 is 14.5 Å². The van der Waals surface area contributed by atoms with Crippen molar-refractivity contribution in [2.45, 2.75) is 25.8 Å². The van der Waals surface area contributed by atoms with Crippen LogP contribution >= 0.6 is 0 Å². The summed E-state index contributed by atoms with van der Waals surface area (Å²) in [4.78, 5) is 25.6. The molecule has 2 aromatic rings. The Morgan fingerprint density at radius 3 is 2.84 bits per heavy atom. The molecule has 6 nitrogen and oxygen atoms in total. The number of amides is 1. The number of carbonyl (C=O) groups is 1. The van der Waals surface area contributed by atoms with E-state index >= 15 is 0 Å². The fourth-order valence-corrected chi connectivity index (χ4v) is 3.18. The third-order valence-corrected chi connectivity index (χ3v) is 4.65. The Balaban J connectivity index is 1.70. The minimum Gasteiger partial charge on any atom is -0.481 e. The van der Waals surface area contributed by atoms with Crippen molar-refractivity contribution in [2.75, 3.05) is 32.1 Å². The predicted molar refractivity (Wildman–Crippen MR) is 97.1 cm³/mol. The van der Waals surface area contributed by atoms with E-state index in [4.69, 9.17) is 4.74 Å². The molecule has 0 radical (unpaired) electrons. The van der Waals surface area contributed by atoms with Crippen LogP contribution < -0.4 is 9.64 Å². The van der Waals surface area contributed by atoms with E-state index in [1.54, 1.807) is 25.4 Å². The molecule has 1 fully saturated rings. The van der Waals surface area contributed by atoms with Gasteiger partial charge in [0.1, 0.15) is 5.82 Å². The molecular weight excluding hydrogens is 316 g/mol. The van der Waals surface area contributed by atoms with E-state index < -0.39 is 0 Å². The molecule has 25 heavy (non-hydrogen) atoms. The number of hydrogen-bond acceptors (Lipinski definition) is 5. The molecule has 0 aromatic carbocycles. The highest BCUT2D eigenvalue weighted by Gasteiger charge is 2.27. The maximum Gasteiger partial charge on any atom is 0.255 e. The van der Waals surface area contributed by atoms with E-state index in [9.17, 15) is 4.79 Å². The lowest BCUT2D eigenvalue weighted by Gasteiger charge is -2.38. The topological polar surface area (TPSA) is 58.6 Å². The van der Waals surface area contributed by atoms with Gasteiger partial charge in [-0.05, 0) is 38.0 Å². The quantitative estimate of drug-likeness (QED) is 0.856. The first kappa shape index (κ1) is 17.2. The van der Waals surface area contributed by atoms with E-state index in [2.05, 4.69) is 14.9 Å². The van der Waals surface area contributed by atoms with Gasteiger partial charge in [0.05, 0.1) is 12.7 Å². The Kier molecular flexibility index (Phi) is 5.16. The lowest BCUT2D eigenvalue weighted by molar-refractivity contribution is 0.0716. The van der Waals surface area contributed by atoms with E-state index in [0.717, 1.165) is 37.4 Å². The Labute approximate surface area is 148 Å². The predicted octanol–water partition coefficient (Wildman–Crippen LogP) is 2.53. The van der Waals surface area contributed by atoms with Crippen LogP contribution in [0.25, 0.3) is 0 Å². The van der Waals surface area contributed by atoms with Crippen LogP contribution in [0.5, 0.6) is 5.88 Å². The van der Waals surface area contributed by atoms with Crippen molar-refractivity contribution in [3.05, 3.63) is 47.8 Å². The summed E-state index contributed by atoms with van der Waals surface area (Å²) < 4.78 is 5.05. The molecule has 132 valence electrons. The highest BCUT2D eigenvalue weighted by atomic mass is 16.5. The molecule has 0 saturated carbocycles. The molecule has 1 saturated heterocycles. The number of pyridine rings is 2. The van der Waals surface area contributed by atoms with Crippen molar-refractivity contribution in [3.8, 4) is 5.88 Å². The molecule has 2 aromatic heterocycles. The Morgan fingerprint density at radius 2 is 2.16 bits per heavy atom. The van der Waals surface area contributed by atoms with E-state index in [1.807, 2.05) is 37.1 Å². The molecule has 3 heterocycles. The van der Waals surface area contributed by atoms with Gasteiger partial charge in [-0.1, -0.05) is 6.07 Å². The zero-order valence-electron chi connectivity index (χ0n) is 15.0. The van der Waals surface area contributed by atoms with Gasteiger partial charge in [0.15, 0.2) is 0 Å². The average molecular weight is 340 g/mol. The first-order valence-corrected chi connectivity index (χ1v) is 8.54. The lowest BCUT2D eigenvalue weighted by Crippen LogP contribution is -2.48. The summed E-state index contributed by atoms with van der Waals surface area (Å²) in [7, 11) is 3.43. The highest BCUT2D eigenvalue weighted by Crippen LogP contribution is 2.22. The second kappa shape index (κ2) is 7.51. The SMILES string of the molecule is COc1ccc(C(=O)N(C)[C@H]2CCCN(c3cccc(C)n3)C2)cn1. The van der Waals surface area contributed by atoms with Crippen molar-refractivity contribution in [1.29, 1.82) is 0 Å². The third-order valence-electron chi connectivity index (χ3n) is 4.65. The summed E-state index contributed by atoms with van der Waals surface area (Å²) in [6.07, 6.45) is 3.60. The number of carbonyl (C=O) groups excluding carboxylic acids is 1. The van der Waals surface area contributed by atoms with Gasteiger partial charge in [-0.2, -0.15) is 0 Å². The maximum absolute atomic E-state index is 12.8. The molecule has 3 rings (SSSR count). The lowest BCUT2D eigenvalue weighted by atomic mass is 10.0. The van der Waals surface area contributed by atoms with Gasteiger partial charge in [0.2, 0.25) is 5.88 Å². The van der Waals surface area contributed by atoms with Gasteiger partial charge in [-0.3, -0.25) is 4.79 Å². The fourth-order valence-electron chi connectivity index (χ4n) is 3.18. The van der Waals surface area contributed by atoms with E-state index in [-0.39, 0.29) is 11.9 Å². The van der Waals surface area contributed by atoms with Crippen LogP contribution in [-0.2, 0) is 0 Å². The number of nitrogens with zero attached hydrogens (tertiary/aromatic N) is 4. The maximum atomic E-state index is 12.8. The number of aryl methyl sites for hydroxylation is 1. The van der Waals surface area contributed by atoms with Gasteiger partial charge in [-0.15, -0.1) is 0 Å². The number of ether oxygens (including phenoxy) is 1. The minimum atomic E-state index is -0.0146. The molecule has 1 atom stereocenters. The number of aromatic nitrogens is 2. The van der Waals surface area contributed by atoms with Gasteiger partial charge in [0, 0.05) is 44.1 Å². The Hall–Kier alpha value is -2.63. The first-order valence-electron chi connectivity index (χ1n) is 8.54. The minimum absolute atomic E-state index is 0.0146. The Morgan fingerprint density at radius 1 is 1.32 bits per heavy atom. The highest BCUT2D eigenvalue weighted by molar-refractivity contribution is 5.94. The summed E-state index contributed by atoms with van der Waals surface area (Å²) in [6, 6.07) is 9.69. The molecule has 0 aliphatic carbocycles. The fraction of sp³-hybridized carbons (Fsp3) is 0.421. The van der Waals surface area contributed by atoms with Crippen LogP contribution in [-0.4, -0.2) is 54.1 Å². The van der Waals surface area contributed by atoms with Crippen LogP contribution in [0.2, 0.25) is 0 Å². The molecule has 1 aliphatic rings. The zero-order valence-corrected chi connectivity index (χ0v) is 15.0. The van der Waals surface area contributed by atoms with Crippen molar-refractivity contribution in [3.63, 3.8) is 0 Å². The van der Waals surface area contributed by atoms with E-state index in [0.29, 0.717) is 11.4 Å². The number of likely N-dealkylation sites (N-methyl/N-ethyl adjacent to an activating group) is 1. The van der Waals surface area contributed by atoms with Crippen LogP contribution in [0.1, 0.15) is 28.9 Å². The third kappa shape index (κ3) is 3.90. The second-order valence-corrected chi connectivity index (χ2v) is 6.38. The molecule has 1 amide bonds. The number of hydrogen-bond donors (Lipinski definition) is 0. The number of rotatable bonds is 4. The smallest absolute Gasteiger partial charge is 0.255 e. The van der Waals surface area contributed by atoms with Crippen molar-refractivity contribution in [1.82, 2.24) is 14.9 Å². The van der Waals surface area contributed by atoms with Crippen LogP contribution in [0.3, 0.4) is 0 Å². The second-order valence-electron chi connectivity index (χ2n) is 6.38.